The van der Waals surface area contributed by atoms with E-state index in [2.05, 4.69) is 63.8 Å². The Bertz CT molecular complexity index is 1510. The van der Waals surface area contributed by atoms with Gasteiger partial charge in [0.25, 0.3) is 0 Å². The number of nitriles is 1. The lowest BCUT2D eigenvalue weighted by Crippen LogP contribution is -2.59. The number of hydrogen-bond acceptors (Lipinski definition) is 9. The van der Waals surface area contributed by atoms with Crippen molar-refractivity contribution in [3.05, 3.63) is 45.1 Å². The standard InChI is InChI=1S/C25H31N9OS/c1-6-18-14-33(24-29-25(35)31(5)22-12-17(10-11-26)30-34(22)24)19(7-2)13-32(18)15(3)20-8-9-21-23(28-20)36-16(4)27-21/h8-9,12,15,18-19H,6-7,10,13-14H2,1-5H3/t15-,18-,19+/m1/s1. The first-order valence-corrected chi connectivity index (χ1v) is 13.2. The lowest BCUT2D eigenvalue weighted by molar-refractivity contribution is 0.0981. The molecule has 188 valence electrons. The number of anilines is 1. The Morgan fingerprint density at radius 3 is 2.67 bits per heavy atom. The van der Waals surface area contributed by atoms with Crippen LogP contribution in [0.2, 0.25) is 0 Å². The molecule has 0 radical (unpaired) electrons. The predicted octanol–water partition coefficient (Wildman–Crippen LogP) is 3.25. The number of hydrogen-bond donors (Lipinski definition) is 0. The summed E-state index contributed by atoms with van der Waals surface area (Å²) in [7, 11) is 1.69. The van der Waals surface area contributed by atoms with Crippen molar-refractivity contribution in [1.82, 2.24) is 34.0 Å². The summed E-state index contributed by atoms with van der Waals surface area (Å²) in [6, 6.07) is 8.65. The Morgan fingerprint density at radius 2 is 1.94 bits per heavy atom. The number of thiazole rings is 1. The van der Waals surface area contributed by atoms with E-state index in [0.29, 0.717) is 17.3 Å². The van der Waals surface area contributed by atoms with E-state index in [1.807, 2.05) is 6.92 Å². The van der Waals surface area contributed by atoms with Gasteiger partial charge in [0.15, 0.2) is 0 Å². The largest absolute Gasteiger partial charge is 0.352 e. The van der Waals surface area contributed by atoms with Crippen LogP contribution in [0.5, 0.6) is 0 Å². The molecule has 1 fully saturated rings. The first kappa shape index (κ1) is 24.3. The zero-order chi connectivity index (χ0) is 25.6. The molecule has 11 heteroatoms. The molecule has 3 atom stereocenters. The van der Waals surface area contributed by atoms with Crippen LogP contribution in [0.15, 0.2) is 23.0 Å². The van der Waals surface area contributed by atoms with Crippen LogP contribution in [0.25, 0.3) is 16.0 Å². The van der Waals surface area contributed by atoms with Gasteiger partial charge in [-0.1, -0.05) is 25.2 Å². The fourth-order valence-corrected chi connectivity index (χ4v) is 6.00. The normalized spacial score (nSPS) is 19.7. The number of nitrogens with zero attached hydrogens (tertiary/aromatic N) is 9. The van der Waals surface area contributed by atoms with Gasteiger partial charge in [0, 0.05) is 44.3 Å². The second-order valence-corrected chi connectivity index (χ2v) is 10.6. The van der Waals surface area contributed by atoms with Gasteiger partial charge in [0.2, 0.25) is 5.95 Å². The molecule has 4 aromatic rings. The van der Waals surface area contributed by atoms with Crippen LogP contribution in [0.3, 0.4) is 0 Å². The van der Waals surface area contributed by atoms with Gasteiger partial charge in [-0.25, -0.2) is 14.8 Å². The molecule has 0 saturated carbocycles. The van der Waals surface area contributed by atoms with Crippen molar-refractivity contribution in [2.45, 2.75) is 65.1 Å². The number of piperazine rings is 1. The predicted molar refractivity (Wildman–Crippen MR) is 140 cm³/mol. The zero-order valence-corrected chi connectivity index (χ0v) is 22.2. The summed E-state index contributed by atoms with van der Waals surface area (Å²) in [4.78, 5) is 32.5. The summed E-state index contributed by atoms with van der Waals surface area (Å²) >= 11 is 1.63. The summed E-state index contributed by atoms with van der Waals surface area (Å²) < 4.78 is 3.21. The number of aryl methyl sites for hydroxylation is 2. The first-order valence-electron chi connectivity index (χ1n) is 12.4. The van der Waals surface area contributed by atoms with Crippen molar-refractivity contribution in [3.8, 4) is 6.07 Å². The van der Waals surface area contributed by atoms with Gasteiger partial charge in [-0.05, 0) is 38.8 Å². The first-order chi connectivity index (χ1) is 17.3. The van der Waals surface area contributed by atoms with E-state index in [1.165, 1.54) is 4.57 Å². The van der Waals surface area contributed by atoms with Gasteiger partial charge in [-0.3, -0.25) is 9.47 Å². The maximum Gasteiger partial charge on any atom is 0.352 e. The van der Waals surface area contributed by atoms with Gasteiger partial charge in [0.05, 0.1) is 28.9 Å². The Kier molecular flexibility index (Phi) is 6.49. The van der Waals surface area contributed by atoms with Crippen molar-refractivity contribution < 1.29 is 0 Å². The van der Waals surface area contributed by atoms with E-state index in [9.17, 15) is 4.79 Å². The van der Waals surface area contributed by atoms with Crippen LogP contribution in [0, 0.1) is 18.3 Å². The van der Waals surface area contributed by atoms with E-state index >= 15 is 0 Å². The highest BCUT2D eigenvalue weighted by Gasteiger charge is 2.37. The monoisotopic (exact) mass is 505 g/mol. The Hall–Kier alpha value is -3.36. The highest BCUT2D eigenvalue weighted by molar-refractivity contribution is 7.18. The Balaban J connectivity index is 1.50. The van der Waals surface area contributed by atoms with Crippen molar-refractivity contribution in [2.75, 3.05) is 18.0 Å². The van der Waals surface area contributed by atoms with Gasteiger partial charge in [-0.15, -0.1) is 0 Å². The minimum Gasteiger partial charge on any atom is -0.335 e. The van der Waals surface area contributed by atoms with E-state index < -0.39 is 0 Å². The molecule has 5 heterocycles. The molecule has 1 aliphatic heterocycles. The summed E-state index contributed by atoms with van der Waals surface area (Å²) in [5.74, 6) is 0.551. The van der Waals surface area contributed by atoms with Gasteiger partial charge in [-0.2, -0.15) is 19.9 Å². The molecule has 0 N–H and O–H groups in total. The van der Waals surface area contributed by atoms with Crippen LogP contribution in [-0.2, 0) is 13.5 Å². The van der Waals surface area contributed by atoms with Crippen LogP contribution in [0.4, 0.5) is 5.95 Å². The molecule has 0 unspecified atom stereocenters. The number of rotatable bonds is 6. The summed E-state index contributed by atoms with van der Waals surface area (Å²) in [6.45, 7) is 10.2. The van der Waals surface area contributed by atoms with Crippen molar-refractivity contribution >= 4 is 33.3 Å². The molecular weight excluding hydrogens is 474 g/mol. The van der Waals surface area contributed by atoms with E-state index in [0.717, 1.165) is 47.0 Å². The fourth-order valence-electron chi connectivity index (χ4n) is 5.21. The van der Waals surface area contributed by atoms with Crippen LogP contribution in [-0.4, -0.2) is 59.2 Å². The molecule has 0 spiro atoms. The van der Waals surface area contributed by atoms with E-state index in [1.54, 1.807) is 29.0 Å². The third kappa shape index (κ3) is 4.14. The lowest BCUT2D eigenvalue weighted by Gasteiger charge is -2.48. The molecule has 0 amide bonds. The topological polar surface area (TPSA) is 108 Å². The molecule has 10 nitrogen and oxygen atoms in total. The number of pyridine rings is 1. The average Bonchev–Trinajstić information content (AvgIpc) is 3.47. The van der Waals surface area contributed by atoms with Crippen molar-refractivity contribution in [1.29, 1.82) is 5.26 Å². The van der Waals surface area contributed by atoms with Crippen LogP contribution >= 0.6 is 11.3 Å². The van der Waals surface area contributed by atoms with E-state index in [-0.39, 0.29) is 30.2 Å². The van der Waals surface area contributed by atoms with Gasteiger partial charge >= 0.3 is 5.69 Å². The second kappa shape index (κ2) is 9.59. The fraction of sp³-hybridized carbons (Fsp3) is 0.520. The van der Waals surface area contributed by atoms with Crippen molar-refractivity contribution in [2.24, 2.45) is 7.05 Å². The number of aromatic nitrogens is 6. The minimum atomic E-state index is -0.322. The highest BCUT2D eigenvalue weighted by Crippen LogP contribution is 2.32. The van der Waals surface area contributed by atoms with Gasteiger partial charge < -0.3 is 4.90 Å². The summed E-state index contributed by atoms with van der Waals surface area (Å²) in [5.41, 5.74) is 2.96. The van der Waals surface area contributed by atoms with E-state index in [4.69, 9.17) is 10.2 Å². The second-order valence-electron chi connectivity index (χ2n) is 9.44. The SMILES string of the molecule is CC[C@H]1CN([C@H](C)c2ccc3nc(C)sc3n2)[C@H](CC)CN1c1nc(=O)n(C)c2cc(CC#N)nn12. The minimum absolute atomic E-state index is 0.140. The zero-order valence-electron chi connectivity index (χ0n) is 21.3. The summed E-state index contributed by atoms with van der Waals surface area (Å²) in [5, 5.41) is 14.8. The maximum absolute atomic E-state index is 12.8. The average molecular weight is 506 g/mol. The molecular formula is C25H31N9OS. The quantitative estimate of drug-likeness (QED) is 0.393. The summed E-state index contributed by atoms with van der Waals surface area (Å²) in [6.07, 6.45) is 2.03. The maximum atomic E-state index is 12.8. The van der Waals surface area contributed by atoms with Crippen molar-refractivity contribution in [3.63, 3.8) is 0 Å². The highest BCUT2D eigenvalue weighted by atomic mass is 32.1. The van der Waals surface area contributed by atoms with Crippen LogP contribution < -0.4 is 10.6 Å². The van der Waals surface area contributed by atoms with Gasteiger partial charge in [0.1, 0.15) is 16.0 Å². The molecule has 36 heavy (non-hydrogen) atoms. The smallest absolute Gasteiger partial charge is 0.335 e. The molecule has 4 aromatic heterocycles. The molecule has 0 bridgehead atoms. The molecule has 1 aliphatic rings. The Labute approximate surface area is 213 Å². The van der Waals surface area contributed by atoms with Crippen LogP contribution in [0.1, 0.15) is 56.1 Å². The third-order valence-corrected chi connectivity index (χ3v) is 8.15. The molecule has 0 aliphatic carbocycles. The third-order valence-electron chi connectivity index (χ3n) is 7.26. The molecule has 1 saturated heterocycles. The molecule has 5 rings (SSSR count). The Morgan fingerprint density at radius 1 is 1.17 bits per heavy atom. The molecule has 0 aromatic carbocycles. The number of fused-ring (bicyclic) bond motifs is 2. The lowest BCUT2D eigenvalue weighted by atomic mass is 9.99.